The maximum absolute atomic E-state index is 12.2. The van der Waals surface area contributed by atoms with Crippen molar-refractivity contribution in [1.29, 1.82) is 5.26 Å². The van der Waals surface area contributed by atoms with Gasteiger partial charge >= 0.3 is 6.09 Å². The van der Waals surface area contributed by atoms with Crippen molar-refractivity contribution in [3.63, 3.8) is 0 Å². The molecule has 1 amide bonds. The van der Waals surface area contributed by atoms with Crippen LogP contribution < -0.4 is 0 Å². The topological polar surface area (TPSA) is 73.6 Å². The lowest BCUT2D eigenvalue weighted by Gasteiger charge is -2.28. The molecule has 0 bridgehead atoms. The number of amides is 1. The second-order valence-corrected chi connectivity index (χ2v) is 7.04. The fourth-order valence-electron chi connectivity index (χ4n) is 2.77. The van der Waals surface area contributed by atoms with Crippen molar-refractivity contribution in [2.75, 3.05) is 13.1 Å². The van der Waals surface area contributed by atoms with E-state index in [0.29, 0.717) is 37.9 Å². The Morgan fingerprint density at radius 2 is 1.91 bits per heavy atom. The third-order valence-corrected chi connectivity index (χ3v) is 4.02. The van der Waals surface area contributed by atoms with E-state index in [-0.39, 0.29) is 6.09 Å². The van der Waals surface area contributed by atoms with Gasteiger partial charge in [-0.3, -0.25) is 0 Å². The van der Waals surface area contributed by atoms with Crippen LogP contribution >= 0.6 is 0 Å². The molecular weight excluding hydrogens is 292 g/mol. The Labute approximate surface area is 137 Å². The van der Waals surface area contributed by atoms with E-state index in [4.69, 9.17) is 10.00 Å². The van der Waals surface area contributed by atoms with Gasteiger partial charge in [-0.2, -0.15) is 5.26 Å². The number of benzene rings is 1. The van der Waals surface area contributed by atoms with Gasteiger partial charge < -0.3 is 14.7 Å². The van der Waals surface area contributed by atoms with Crippen LogP contribution in [0, 0.1) is 11.3 Å². The Balaban J connectivity index is 2.07. The molecule has 0 aromatic heterocycles. The van der Waals surface area contributed by atoms with Crippen molar-refractivity contribution in [2.45, 2.75) is 51.2 Å². The van der Waals surface area contributed by atoms with Crippen molar-refractivity contribution < 1.29 is 14.6 Å². The van der Waals surface area contributed by atoms with E-state index in [9.17, 15) is 9.90 Å². The standard InChI is InChI=1S/C18H24N2O3/c1-17(2,3)23-16(21)20-11-4-9-18(22,10-12-20)15-7-5-14(13-19)6-8-15/h5-8,22H,4,9-12H2,1-3H3/t18-/m0/s1. The molecule has 1 N–H and O–H groups in total. The minimum absolute atomic E-state index is 0.332. The largest absolute Gasteiger partial charge is 0.444 e. The van der Waals surface area contributed by atoms with Gasteiger partial charge in [0.05, 0.1) is 17.2 Å². The first-order chi connectivity index (χ1) is 10.7. The van der Waals surface area contributed by atoms with Crippen LogP contribution in [0.15, 0.2) is 24.3 Å². The fourth-order valence-corrected chi connectivity index (χ4v) is 2.77. The summed E-state index contributed by atoms with van der Waals surface area (Å²) in [6, 6.07) is 9.09. The van der Waals surface area contributed by atoms with Crippen molar-refractivity contribution in [2.24, 2.45) is 0 Å². The highest BCUT2D eigenvalue weighted by atomic mass is 16.6. The Kier molecular flexibility index (Phi) is 4.96. The molecule has 1 saturated heterocycles. The maximum atomic E-state index is 12.2. The van der Waals surface area contributed by atoms with E-state index < -0.39 is 11.2 Å². The van der Waals surface area contributed by atoms with Crippen LogP contribution in [0.4, 0.5) is 4.79 Å². The lowest BCUT2D eigenvalue weighted by atomic mass is 9.86. The first kappa shape index (κ1) is 17.3. The summed E-state index contributed by atoms with van der Waals surface area (Å²) in [5.74, 6) is 0. The SMILES string of the molecule is CC(C)(C)OC(=O)N1CCC[C@@](O)(c2ccc(C#N)cc2)CC1. The van der Waals surface area contributed by atoms with Crippen LogP contribution in [-0.4, -0.2) is 34.8 Å². The number of aliphatic hydroxyl groups is 1. The Hall–Kier alpha value is -2.06. The van der Waals surface area contributed by atoms with Gasteiger partial charge in [-0.15, -0.1) is 0 Å². The van der Waals surface area contributed by atoms with Gasteiger partial charge in [-0.05, 0) is 57.7 Å². The average molecular weight is 316 g/mol. The highest BCUT2D eigenvalue weighted by Crippen LogP contribution is 2.33. The number of nitrogens with zero attached hydrogens (tertiary/aromatic N) is 2. The van der Waals surface area contributed by atoms with E-state index in [1.54, 1.807) is 29.2 Å². The Morgan fingerprint density at radius 3 is 2.48 bits per heavy atom. The lowest BCUT2D eigenvalue weighted by molar-refractivity contribution is 0.0128. The van der Waals surface area contributed by atoms with Crippen LogP contribution in [0.25, 0.3) is 0 Å². The van der Waals surface area contributed by atoms with Gasteiger partial charge in [0.15, 0.2) is 0 Å². The molecule has 1 fully saturated rings. The molecule has 1 heterocycles. The van der Waals surface area contributed by atoms with E-state index in [0.717, 1.165) is 5.56 Å². The molecule has 0 saturated carbocycles. The highest BCUT2D eigenvalue weighted by molar-refractivity contribution is 5.68. The number of rotatable bonds is 1. The van der Waals surface area contributed by atoms with Gasteiger partial charge in [0.25, 0.3) is 0 Å². The molecule has 124 valence electrons. The second kappa shape index (κ2) is 6.59. The van der Waals surface area contributed by atoms with E-state index >= 15 is 0 Å². The van der Waals surface area contributed by atoms with Gasteiger partial charge in [-0.25, -0.2) is 4.79 Å². The van der Waals surface area contributed by atoms with Gasteiger partial charge in [0, 0.05) is 13.1 Å². The smallest absolute Gasteiger partial charge is 0.410 e. The van der Waals surface area contributed by atoms with Crippen molar-refractivity contribution >= 4 is 6.09 Å². The molecule has 23 heavy (non-hydrogen) atoms. The summed E-state index contributed by atoms with van der Waals surface area (Å²) in [4.78, 5) is 13.8. The summed E-state index contributed by atoms with van der Waals surface area (Å²) in [6.07, 6.45) is 1.41. The zero-order chi connectivity index (χ0) is 17.1. The molecule has 5 heteroatoms. The third-order valence-electron chi connectivity index (χ3n) is 4.02. The predicted octanol–water partition coefficient (Wildman–Crippen LogP) is 3.17. The van der Waals surface area contributed by atoms with Gasteiger partial charge in [0.2, 0.25) is 0 Å². The summed E-state index contributed by atoms with van der Waals surface area (Å²) < 4.78 is 5.41. The average Bonchev–Trinajstić information content (AvgIpc) is 2.69. The van der Waals surface area contributed by atoms with Crippen LogP contribution in [-0.2, 0) is 10.3 Å². The number of hydrogen-bond acceptors (Lipinski definition) is 4. The van der Waals surface area contributed by atoms with Crippen LogP contribution in [0.5, 0.6) is 0 Å². The summed E-state index contributed by atoms with van der Waals surface area (Å²) >= 11 is 0. The maximum Gasteiger partial charge on any atom is 0.410 e. The first-order valence-corrected chi connectivity index (χ1v) is 7.94. The molecule has 0 unspecified atom stereocenters. The minimum atomic E-state index is -0.968. The first-order valence-electron chi connectivity index (χ1n) is 7.94. The Bertz CT molecular complexity index is 598. The predicted molar refractivity (Wildman–Crippen MR) is 86.7 cm³/mol. The van der Waals surface area contributed by atoms with E-state index in [1.807, 2.05) is 20.8 Å². The fraction of sp³-hybridized carbons (Fsp3) is 0.556. The summed E-state index contributed by atoms with van der Waals surface area (Å²) in [5.41, 5.74) is -0.124. The lowest BCUT2D eigenvalue weighted by Crippen LogP contribution is -2.38. The molecule has 0 spiro atoms. The monoisotopic (exact) mass is 316 g/mol. The number of carbonyl (C=O) groups excluding carboxylic acids is 1. The molecule has 1 aliphatic heterocycles. The summed E-state index contributed by atoms with van der Waals surface area (Å²) in [7, 11) is 0. The van der Waals surface area contributed by atoms with Crippen LogP contribution in [0.1, 0.15) is 51.2 Å². The van der Waals surface area contributed by atoms with Crippen molar-refractivity contribution in [1.82, 2.24) is 4.90 Å². The molecule has 1 aromatic carbocycles. The molecule has 1 aromatic rings. The quantitative estimate of drug-likeness (QED) is 0.863. The number of carbonyl (C=O) groups is 1. The normalized spacial score (nSPS) is 22.1. The number of nitriles is 1. The number of ether oxygens (including phenoxy) is 1. The van der Waals surface area contributed by atoms with Crippen LogP contribution in [0.2, 0.25) is 0 Å². The molecule has 0 aliphatic carbocycles. The van der Waals surface area contributed by atoms with Crippen molar-refractivity contribution in [3.8, 4) is 6.07 Å². The number of hydrogen-bond donors (Lipinski definition) is 1. The molecular formula is C18H24N2O3. The second-order valence-electron chi connectivity index (χ2n) is 7.04. The molecule has 1 atom stereocenters. The van der Waals surface area contributed by atoms with E-state index in [1.165, 1.54) is 0 Å². The molecule has 2 rings (SSSR count). The summed E-state index contributed by atoms with van der Waals surface area (Å²) in [6.45, 7) is 6.56. The molecule has 0 radical (unpaired) electrons. The zero-order valence-electron chi connectivity index (χ0n) is 14.0. The molecule has 1 aliphatic rings. The van der Waals surface area contributed by atoms with Crippen molar-refractivity contribution in [3.05, 3.63) is 35.4 Å². The van der Waals surface area contributed by atoms with Crippen LogP contribution in [0.3, 0.4) is 0 Å². The van der Waals surface area contributed by atoms with Gasteiger partial charge in [-0.1, -0.05) is 12.1 Å². The van der Waals surface area contributed by atoms with Gasteiger partial charge in [0.1, 0.15) is 5.60 Å². The number of likely N-dealkylation sites (tertiary alicyclic amines) is 1. The third kappa shape index (κ3) is 4.46. The highest BCUT2D eigenvalue weighted by Gasteiger charge is 2.34. The van der Waals surface area contributed by atoms with E-state index in [2.05, 4.69) is 6.07 Å². The summed E-state index contributed by atoms with van der Waals surface area (Å²) in [5, 5.41) is 19.8. The Morgan fingerprint density at radius 1 is 1.26 bits per heavy atom. The molecule has 5 nitrogen and oxygen atoms in total. The zero-order valence-corrected chi connectivity index (χ0v) is 14.0. The minimum Gasteiger partial charge on any atom is -0.444 e.